The second kappa shape index (κ2) is 3.77. The number of nitrogens with one attached hydrogen (secondary N) is 2. The number of hydrogen-bond acceptors (Lipinski definition) is 2. The lowest BCUT2D eigenvalue weighted by Gasteiger charge is -2.30. The van der Waals surface area contributed by atoms with Crippen LogP contribution in [0.15, 0.2) is 24.4 Å². The van der Waals surface area contributed by atoms with Crippen LogP contribution < -0.4 is 10.6 Å². The van der Waals surface area contributed by atoms with Crippen molar-refractivity contribution in [2.75, 3.05) is 6.54 Å². The number of allylic oxidation sites excluding steroid dienone is 2. The number of rotatable bonds is 3. The molecule has 0 bridgehead atoms. The van der Waals surface area contributed by atoms with Crippen LogP contribution in [-0.4, -0.2) is 18.1 Å². The van der Waals surface area contributed by atoms with Gasteiger partial charge in [-0.3, -0.25) is 0 Å². The van der Waals surface area contributed by atoms with Crippen LogP contribution in [0.3, 0.4) is 0 Å². The van der Waals surface area contributed by atoms with Crippen molar-refractivity contribution in [3.8, 4) is 0 Å². The molecule has 1 saturated heterocycles. The summed E-state index contributed by atoms with van der Waals surface area (Å²) in [7, 11) is 0. The highest BCUT2D eigenvalue weighted by atomic mass is 15.1. The monoisotopic (exact) mass is 192 g/mol. The van der Waals surface area contributed by atoms with E-state index < -0.39 is 0 Å². The Bertz CT molecular complexity index is 251. The van der Waals surface area contributed by atoms with Crippen LogP contribution in [0, 0.1) is 0 Å². The van der Waals surface area contributed by atoms with Gasteiger partial charge in [0.1, 0.15) is 0 Å². The van der Waals surface area contributed by atoms with Crippen molar-refractivity contribution in [2.45, 2.75) is 44.2 Å². The van der Waals surface area contributed by atoms with Gasteiger partial charge in [-0.05, 0) is 51.4 Å². The van der Waals surface area contributed by atoms with Gasteiger partial charge in [-0.25, -0.2) is 0 Å². The molecule has 1 aliphatic carbocycles. The van der Waals surface area contributed by atoms with Gasteiger partial charge in [0.2, 0.25) is 0 Å². The molecular formula is C12H20N2. The quantitative estimate of drug-likeness (QED) is 0.668. The molecule has 2 N–H and O–H groups in total. The van der Waals surface area contributed by atoms with Gasteiger partial charge >= 0.3 is 0 Å². The Morgan fingerprint density at radius 1 is 1.57 bits per heavy atom. The second-order valence-electron chi connectivity index (χ2n) is 4.74. The molecule has 2 nitrogen and oxygen atoms in total. The van der Waals surface area contributed by atoms with E-state index in [2.05, 4.69) is 23.4 Å². The summed E-state index contributed by atoms with van der Waals surface area (Å²) in [4.78, 5) is 0. The molecule has 1 heterocycles. The molecule has 14 heavy (non-hydrogen) atoms. The van der Waals surface area contributed by atoms with Crippen LogP contribution in [0.1, 0.15) is 32.6 Å². The van der Waals surface area contributed by atoms with E-state index in [1.165, 1.54) is 32.2 Å². The van der Waals surface area contributed by atoms with E-state index >= 15 is 0 Å². The molecule has 1 saturated carbocycles. The lowest BCUT2D eigenvalue weighted by atomic mass is 9.98. The van der Waals surface area contributed by atoms with Gasteiger partial charge in [0.15, 0.2) is 0 Å². The highest BCUT2D eigenvalue weighted by Gasteiger charge is 2.45. The molecule has 0 radical (unpaired) electrons. The van der Waals surface area contributed by atoms with Crippen LogP contribution in [0.25, 0.3) is 0 Å². The molecule has 0 aromatic carbocycles. The maximum Gasteiger partial charge on any atom is 0.0285 e. The fraction of sp³-hybridized carbons (Fsp3) is 0.667. The van der Waals surface area contributed by atoms with Gasteiger partial charge in [-0.1, -0.05) is 12.2 Å². The molecule has 2 rings (SSSR count). The molecule has 2 fully saturated rings. The van der Waals surface area contributed by atoms with Gasteiger partial charge in [0.05, 0.1) is 0 Å². The van der Waals surface area contributed by atoms with Crippen molar-refractivity contribution < 1.29 is 0 Å². The smallest absolute Gasteiger partial charge is 0.0285 e. The Hall–Kier alpha value is -0.760. The molecule has 78 valence electrons. The minimum atomic E-state index is 0.521. The molecule has 0 aromatic rings. The Morgan fingerprint density at radius 2 is 2.36 bits per heavy atom. The summed E-state index contributed by atoms with van der Waals surface area (Å²) >= 11 is 0. The van der Waals surface area contributed by atoms with E-state index in [4.69, 9.17) is 0 Å². The maximum atomic E-state index is 3.84. The summed E-state index contributed by atoms with van der Waals surface area (Å²) in [5.74, 6) is 0. The molecule has 2 aliphatic rings. The lowest BCUT2D eigenvalue weighted by Crippen LogP contribution is -2.46. The summed E-state index contributed by atoms with van der Waals surface area (Å²) in [6, 6.07) is 0.661. The van der Waals surface area contributed by atoms with Gasteiger partial charge in [0.25, 0.3) is 0 Å². The van der Waals surface area contributed by atoms with Gasteiger partial charge in [-0.2, -0.15) is 0 Å². The minimum Gasteiger partial charge on any atom is -0.388 e. The largest absolute Gasteiger partial charge is 0.388 e. The van der Waals surface area contributed by atoms with Crippen LogP contribution in [0.5, 0.6) is 0 Å². The molecule has 1 spiro atoms. The highest BCUT2D eigenvalue weighted by molar-refractivity contribution is 5.12. The molecular weight excluding hydrogens is 172 g/mol. The lowest BCUT2D eigenvalue weighted by molar-refractivity contribution is 0.323. The van der Waals surface area contributed by atoms with E-state index in [1.54, 1.807) is 0 Å². The molecule has 0 amide bonds. The summed E-state index contributed by atoms with van der Waals surface area (Å²) in [6.07, 6.45) is 9.36. The predicted octanol–water partition coefficient (Wildman–Crippen LogP) is 1.95. The first kappa shape index (κ1) is 9.78. The molecule has 0 aromatic heterocycles. The SMILES string of the molecule is C=C(C)/C=C\NC1CCNC2(CC2)C1. The number of hydrogen-bond donors (Lipinski definition) is 2. The minimum absolute atomic E-state index is 0.521. The van der Waals surface area contributed by atoms with E-state index in [1.807, 2.05) is 13.0 Å². The van der Waals surface area contributed by atoms with E-state index in [0.717, 1.165) is 5.57 Å². The van der Waals surface area contributed by atoms with Gasteiger partial charge in [0, 0.05) is 11.6 Å². The summed E-state index contributed by atoms with van der Waals surface area (Å²) < 4.78 is 0. The van der Waals surface area contributed by atoms with Crippen LogP contribution >= 0.6 is 0 Å². The van der Waals surface area contributed by atoms with Crippen LogP contribution in [0.2, 0.25) is 0 Å². The van der Waals surface area contributed by atoms with E-state index in [0.29, 0.717) is 11.6 Å². The highest BCUT2D eigenvalue weighted by Crippen LogP contribution is 2.41. The third-order valence-electron chi connectivity index (χ3n) is 3.18. The van der Waals surface area contributed by atoms with Crippen LogP contribution in [0.4, 0.5) is 0 Å². The Balaban J connectivity index is 1.78. The second-order valence-corrected chi connectivity index (χ2v) is 4.74. The first-order chi connectivity index (χ1) is 6.70. The molecule has 1 atom stereocenters. The van der Waals surface area contributed by atoms with E-state index in [9.17, 15) is 0 Å². The molecule has 2 heteroatoms. The van der Waals surface area contributed by atoms with Gasteiger partial charge in [-0.15, -0.1) is 0 Å². The first-order valence-electron chi connectivity index (χ1n) is 5.53. The standard InChI is InChI=1S/C12H20N2/c1-10(2)3-7-13-11-4-8-14-12(9-11)5-6-12/h3,7,11,13-14H,1,4-6,8-9H2,2H3/b7-3-. The topological polar surface area (TPSA) is 24.1 Å². The Labute approximate surface area is 86.5 Å². The van der Waals surface area contributed by atoms with Crippen molar-refractivity contribution >= 4 is 0 Å². The average Bonchev–Trinajstić information content (AvgIpc) is 2.84. The molecule has 1 unspecified atom stereocenters. The average molecular weight is 192 g/mol. The summed E-state index contributed by atoms with van der Waals surface area (Å²) in [5, 5.41) is 7.08. The van der Waals surface area contributed by atoms with Crippen LogP contribution in [-0.2, 0) is 0 Å². The third kappa shape index (κ3) is 2.38. The first-order valence-corrected chi connectivity index (χ1v) is 5.53. The summed E-state index contributed by atoms with van der Waals surface area (Å²) in [5.41, 5.74) is 1.63. The van der Waals surface area contributed by atoms with Crippen molar-refractivity contribution in [1.82, 2.24) is 10.6 Å². The fourth-order valence-electron chi connectivity index (χ4n) is 2.16. The van der Waals surface area contributed by atoms with Gasteiger partial charge < -0.3 is 10.6 Å². The van der Waals surface area contributed by atoms with Crippen molar-refractivity contribution in [3.63, 3.8) is 0 Å². The predicted molar refractivity (Wildman–Crippen MR) is 60.1 cm³/mol. The third-order valence-corrected chi connectivity index (χ3v) is 3.18. The summed E-state index contributed by atoms with van der Waals surface area (Å²) in [6.45, 7) is 7.02. The Kier molecular flexibility index (Phi) is 2.64. The Morgan fingerprint density at radius 3 is 3.00 bits per heavy atom. The fourth-order valence-corrected chi connectivity index (χ4v) is 2.16. The normalized spacial score (nSPS) is 29.4. The zero-order valence-electron chi connectivity index (χ0n) is 8.97. The number of piperidine rings is 1. The van der Waals surface area contributed by atoms with Crippen molar-refractivity contribution in [3.05, 3.63) is 24.4 Å². The zero-order chi connectivity index (χ0) is 10.0. The van der Waals surface area contributed by atoms with E-state index in [-0.39, 0.29) is 0 Å². The zero-order valence-corrected chi connectivity index (χ0v) is 8.97. The maximum absolute atomic E-state index is 3.84. The van der Waals surface area contributed by atoms with Crippen molar-refractivity contribution in [2.24, 2.45) is 0 Å². The van der Waals surface area contributed by atoms with Crippen molar-refractivity contribution in [1.29, 1.82) is 0 Å². The molecule has 1 aliphatic heterocycles.